The first-order valence-electron chi connectivity index (χ1n) is 6.69. The molecule has 0 saturated carbocycles. The summed E-state index contributed by atoms with van der Waals surface area (Å²) in [6, 6.07) is 2.70. The molecule has 0 fully saturated rings. The number of aryl methyl sites for hydroxylation is 1. The van der Waals surface area contributed by atoms with Crippen LogP contribution in [0.25, 0.3) is 17.0 Å². The average molecular weight is 289 g/mol. The summed E-state index contributed by atoms with van der Waals surface area (Å²) in [5, 5.41) is 0.158. The van der Waals surface area contributed by atoms with Gasteiger partial charge in [0.05, 0.1) is 12.1 Å². The Bertz CT molecular complexity index is 777. The van der Waals surface area contributed by atoms with E-state index in [1.807, 2.05) is 6.92 Å². The number of pyridine rings is 1. The molecule has 5 heteroatoms. The topological polar surface area (TPSA) is 48.3 Å². The van der Waals surface area contributed by atoms with Gasteiger partial charge in [-0.15, -0.1) is 0 Å². The first-order valence-corrected chi connectivity index (χ1v) is 6.69. The van der Waals surface area contributed by atoms with Crippen molar-refractivity contribution >= 4 is 22.9 Å². The molecule has 0 aliphatic heterocycles. The highest BCUT2D eigenvalue weighted by Gasteiger charge is 2.17. The third-order valence-electron chi connectivity index (χ3n) is 3.25. The second-order valence-corrected chi connectivity index (χ2v) is 4.47. The maximum absolute atomic E-state index is 13.9. The van der Waals surface area contributed by atoms with Gasteiger partial charge in [-0.1, -0.05) is 12.7 Å². The van der Waals surface area contributed by atoms with E-state index >= 15 is 0 Å². The molecule has 0 spiro atoms. The molecule has 0 aliphatic carbocycles. The lowest BCUT2D eigenvalue weighted by molar-refractivity contribution is 0.0524. The van der Waals surface area contributed by atoms with Gasteiger partial charge in [0.2, 0.25) is 5.43 Å². The van der Waals surface area contributed by atoms with Gasteiger partial charge in [-0.25, -0.2) is 9.18 Å². The summed E-state index contributed by atoms with van der Waals surface area (Å²) in [6.45, 7) is 7.78. The van der Waals surface area contributed by atoms with Gasteiger partial charge >= 0.3 is 5.97 Å². The molecule has 0 aliphatic rings. The monoisotopic (exact) mass is 289 g/mol. The molecular formula is C16H16FNO3. The van der Waals surface area contributed by atoms with Crippen LogP contribution in [0.2, 0.25) is 0 Å². The second-order valence-electron chi connectivity index (χ2n) is 4.47. The van der Waals surface area contributed by atoms with Gasteiger partial charge in [-0.2, -0.15) is 0 Å². The Labute approximate surface area is 121 Å². The normalized spacial score (nSPS) is 10.6. The molecule has 1 heterocycles. The van der Waals surface area contributed by atoms with Crippen LogP contribution >= 0.6 is 0 Å². The molecule has 0 radical (unpaired) electrons. The van der Waals surface area contributed by atoms with E-state index in [1.165, 1.54) is 12.3 Å². The number of carbonyl (C=O) groups excluding carboxylic acids is 1. The Morgan fingerprint density at radius 3 is 2.71 bits per heavy atom. The van der Waals surface area contributed by atoms with Crippen LogP contribution in [0.4, 0.5) is 4.39 Å². The Morgan fingerprint density at radius 1 is 1.43 bits per heavy atom. The highest BCUT2D eigenvalue weighted by molar-refractivity contribution is 5.94. The summed E-state index contributed by atoms with van der Waals surface area (Å²) in [6.07, 6.45) is 2.84. The van der Waals surface area contributed by atoms with Gasteiger partial charge < -0.3 is 9.30 Å². The number of ether oxygens (including phenoxy) is 1. The number of rotatable bonds is 4. The van der Waals surface area contributed by atoms with E-state index in [0.29, 0.717) is 17.6 Å². The molecule has 21 heavy (non-hydrogen) atoms. The van der Waals surface area contributed by atoms with Gasteiger partial charge in [0.25, 0.3) is 0 Å². The molecule has 0 unspecified atom stereocenters. The number of esters is 1. The zero-order valence-electron chi connectivity index (χ0n) is 12.0. The maximum Gasteiger partial charge on any atom is 0.343 e. The van der Waals surface area contributed by atoms with Crippen LogP contribution in [0.3, 0.4) is 0 Å². The van der Waals surface area contributed by atoms with Crippen molar-refractivity contribution in [1.82, 2.24) is 4.57 Å². The lowest BCUT2D eigenvalue weighted by Gasteiger charge is -2.12. The standard InChI is InChI=1S/C16H16FNO3/c1-4-10-7-14-11(8-13(10)17)15(19)12(9-18(14)5-2)16(20)21-6-3/h4,7-9H,1,5-6H2,2-3H3. The first kappa shape index (κ1) is 15.0. The molecule has 110 valence electrons. The smallest absolute Gasteiger partial charge is 0.343 e. The second kappa shape index (κ2) is 5.91. The fraction of sp³-hybridized carbons (Fsp3) is 0.250. The van der Waals surface area contributed by atoms with Crippen molar-refractivity contribution in [2.75, 3.05) is 6.61 Å². The summed E-state index contributed by atoms with van der Waals surface area (Å²) in [7, 11) is 0. The van der Waals surface area contributed by atoms with E-state index in [4.69, 9.17) is 4.74 Å². The number of hydrogen-bond donors (Lipinski definition) is 0. The molecule has 0 atom stereocenters. The average Bonchev–Trinajstić information content (AvgIpc) is 2.47. The summed E-state index contributed by atoms with van der Waals surface area (Å²) in [5.41, 5.74) is 0.263. The number of halogens is 1. The lowest BCUT2D eigenvalue weighted by Crippen LogP contribution is -2.21. The van der Waals surface area contributed by atoms with Gasteiger partial charge in [0.1, 0.15) is 11.4 Å². The predicted molar refractivity (Wildman–Crippen MR) is 79.9 cm³/mol. The van der Waals surface area contributed by atoms with Gasteiger partial charge in [0.15, 0.2) is 0 Å². The highest BCUT2D eigenvalue weighted by atomic mass is 19.1. The van der Waals surface area contributed by atoms with E-state index in [-0.39, 0.29) is 17.6 Å². The zero-order valence-corrected chi connectivity index (χ0v) is 12.0. The third kappa shape index (κ3) is 2.59. The first-order chi connectivity index (χ1) is 10.0. The predicted octanol–water partition coefficient (Wildman–Crippen LogP) is 2.98. The molecule has 2 aromatic rings. The van der Waals surface area contributed by atoms with Crippen LogP contribution in [-0.4, -0.2) is 17.1 Å². The molecule has 1 aromatic heterocycles. The van der Waals surface area contributed by atoms with Crippen molar-refractivity contribution in [3.05, 3.63) is 52.1 Å². The molecular weight excluding hydrogens is 273 g/mol. The number of nitrogens with zero attached hydrogens (tertiary/aromatic N) is 1. The Kier molecular flexibility index (Phi) is 4.21. The lowest BCUT2D eigenvalue weighted by atomic mass is 10.1. The van der Waals surface area contributed by atoms with E-state index in [1.54, 1.807) is 17.6 Å². The molecule has 0 N–H and O–H groups in total. The molecule has 0 saturated heterocycles. The van der Waals surface area contributed by atoms with E-state index < -0.39 is 17.2 Å². The number of fused-ring (bicyclic) bond motifs is 1. The third-order valence-corrected chi connectivity index (χ3v) is 3.25. The van der Waals surface area contributed by atoms with E-state index in [9.17, 15) is 14.0 Å². The van der Waals surface area contributed by atoms with Crippen LogP contribution < -0.4 is 5.43 Å². The summed E-state index contributed by atoms with van der Waals surface area (Å²) in [4.78, 5) is 24.2. The van der Waals surface area contributed by atoms with Crippen LogP contribution in [0.15, 0.2) is 29.7 Å². The highest BCUT2D eigenvalue weighted by Crippen LogP contribution is 2.19. The van der Waals surface area contributed by atoms with Crippen molar-refractivity contribution < 1.29 is 13.9 Å². The molecule has 1 aromatic carbocycles. The summed E-state index contributed by atoms with van der Waals surface area (Å²) < 4.78 is 20.5. The zero-order chi connectivity index (χ0) is 15.6. The van der Waals surface area contributed by atoms with Crippen LogP contribution in [0.1, 0.15) is 29.8 Å². The number of hydrogen-bond acceptors (Lipinski definition) is 3. The van der Waals surface area contributed by atoms with Gasteiger partial charge in [-0.3, -0.25) is 4.79 Å². The molecule has 2 rings (SSSR count). The minimum atomic E-state index is -0.695. The van der Waals surface area contributed by atoms with Crippen molar-refractivity contribution in [3.63, 3.8) is 0 Å². The Balaban J connectivity index is 2.83. The quantitative estimate of drug-likeness (QED) is 0.813. The minimum absolute atomic E-state index is 0.0862. The summed E-state index contributed by atoms with van der Waals surface area (Å²) >= 11 is 0. The van der Waals surface area contributed by atoms with Crippen molar-refractivity contribution in [2.24, 2.45) is 0 Å². The van der Waals surface area contributed by atoms with Crippen molar-refractivity contribution in [1.29, 1.82) is 0 Å². The van der Waals surface area contributed by atoms with E-state index in [2.05, 4.69) is 6.58 Å². The van der Waals surface area contributed by atoms with Crippen molar-refractivity contribution in [2.45, 2.75) is 20.4 Å². The van der Waals surface area contributed by atoms with Crippen LogP contribution in [-0.2, 0) is 11.3 Å². The largest absolute Gasteiger partial charge is 0.462 e. The van der Waals surface area contributed by atoms with Crippen LogP contribution in [0, 0.1) is 5.82 Å². The molecule has 4 nitrogen and oxygen atoms in total. The van der Waals surface area contributed by atoms with Crippen LogP contribution in [0.5, 0.6) is 0 Å². The van der Waals surface area contributed by atoms with Gasteiger partial charge in [0, 0.05) is 23.7 Å². The Morgan fingerprint density at radius 2 is 2.14 bits per heavy atom. The number of benzene rings is 1. The number of carbonyl (C=O) groups is 1. The maximum atomic E-state index is 13.9. The summed E-state index contributed by atoms with van der Waals surface area (Å²) in [5.74, 6) is -1.24. The fourth-order valence-corrected chi connectivity index (χ4v) is 2.20. The minimum Gasteiger partial charge on any atom is -0.462 e. The van der Waals surface area contributed by atoms with E-state index in [0.717, 1.165) is 6.07 Å². The molecule has 0 amide bonds. The molecule has 0 bridgehead atoms. The van der Waals surface area contributed by atoms with Gasteiger partial charge in [-0.05, 0) is 26.0 Å². The van der Waals surface area contributed by atoms with Crippen molar-refractivity contribution in [3.8, 4) is 0 Å². The SMILES string of the molecule is C=Cc1cc2c(cc1F)c(=O)c(C(=O)OCC)cn2CC. The Hall–Kier alpha value is -2.43. The fourth-order valence-electron chi connectivity index (χ4n) is 2.20. The number of aromatic nitrogens is 1.